The number of rotatable bonds is 6. The number of nitrogens with one attached hydrogen (secondary N) is 2. The van der Waals surface area contributed by atoms with Gasteiger partial charge in [-0.25, -0.2) is 4.99 Å². The number of phenolic OH excluding ortho intramolecular Hbond substituents is 1. The largest absolute Gasteiger partial charge is 0.507 e. The third-order valence-electron chi connectivity index (χ3n) is 4.73. The van der Waals surface area contributed by atoms with Crippen molar-refractivity contribution in [3.05, 3.63) is 28.8 Å². The van der Waals surface area contributed by atoms with Crippen LogP contribution in [-0.2, 0) is 6.54 Å². The summed E-state index contributed by atoms with van der Waals surface area (Å²) in [5, 5.41) is 16.7. The van der Waals surface area contributed by atoms with E-state index >= 15 is 0 Å². The van der Waals surface area contributed by atoms with Crippen molar-refractivity contribution in [3.63, 3.8) is 0 Å². The Balaban J connectivity index is 0.00000312. The minimum Gasteiger partial charge on any atom is -0.507 e. The molecule has 142 valence electrons. The number of aryl methyl sites for hydroxylation is 2. The van der Waals surface area contributed by atoms with E-state index in [-0.39, 0.29) is 24.0 Å². The van der Waals surface area contributed by atoms with E-state index < -0.39 is 0 Å². The number of phenols is 1. The topological polar surface area (TPSA) is 59.9 Å². The Morgan fingerprint density at radius 1 is 1.24 bits per heavy atom. The monoisotopic (exact) mass is 460 g/mol. The van der Waals surface area contributed by atoms with Crippen molar-refractivity contribution in [1.82, 2.24) is 15.5 Å². The number of aromatic hydroxyl groups is 1. The van der Waals surface area contributed by atoms with Gasteiger partial charge in [-0.2, -0.15) is 0 Å². The van der Waals surface area contributed by atoms with Gasteiger partial charge in [-0.05, 0) is 63.4 Å². The Hall–Kier alpha value is -1.02. The molecule has 0 amide bonds. The molecule has 1 saturated heterocycles. The number of halogens is 1. The highest BCUT2D eigenvalue weighted by molar-refractivity contribution is 14.0. The molecule has 1 heterocycles. The average molecular weight is 460 g/mol. The van der Waals surface area contributed by atoms with E-state index in [1.807, 2.05) is 26.0 Å². The summed E-state index contributed by atoms with van der Waals surface area (Å²) in [5.41, 5.74) is 2.93. The Morgan fingerprint density at radius 2 is 1.92 bits per heavy atom. The Kier molecular flexibility index (Phi) is 9.56. The molecule has 1 atom stereocenters. The van der Waals surface area contributed by atoms with Crippen LogP contribution in [0.5, 0.6) is 5.75 Å². The molecule has 6 heteroatoms. The van der Waals surface area contributed by atoms with Crippen LogP contribution in [0.3, 0.4) is 0 Å². The van der Waals surface area contributed by atoms with E-state index in [1.54, 1.807) is 0 Å². The third-order valence-corrected chi connectivity index (χ3v) is 4.73. The molecule has 3 N–H and O–H groups in total. The minimum atomic E-state index is 0. The zero-order valence-corrected chi connectivity index (χ0v) is 18.3. The van der Waals surface area contributed by atoms with Crippen LogP contribution < -0.4 is 10.6 Å². The number of aliphatic imine (C=N–C) groups is 1. The zero-order valence-electron chi connectivity index (χ0n) is 15.9. The highest BCUT2D eigenvalue weighted by Crippen LogP contribution is 2.23. The van der Waals surface area contributed by atoms with Gasteiger partial charge in [0.25, 0.3) is 0 Å². The molecule has 0 spiro atoms. The first-order valence-electron chi connectivity index (χ1n) is 9.10. The van der Waals surface area contributed by atoms with Crippen LogP contribution in [0, 0.1) is 13.8 Å². The van der Waals surface area contributed by atoms with E-state index in [0.29, 0.717) is 18.3 Å². The summed E-state index contributed by atoms with van der Waals surface area (Å²) in [6.07, 6.45) is 2.55. The fourth-order valence-corrected chi connectivity index (χ4v) is 3.41. The minimum absolute atomic E-state index is 0. The van der Waals surface area contributed by atoms with Crippen molar-refractivity contribution in [2.75, 3.05) is 26.2 Å². The van der Waals surface area contributed by atoms with Crippen LogP contribution in [0.1, 0.15) is 43.4 Å². The normalized spacial score (nSPS) is 18.1. The van der Waals surface area contributed by atoms with E-state index in [4.69, 9.17) is 4.99 Å². The van der Waals surface area contributed by atoms with Crippen molar-refractivity contribution in [2.24, 2.45) is 4.99 Å². The summed E-state index contributed by atoms with van der Waals surface area (Å²) in [6.45, 7) is 12.9. The highest BCUT2D eigenvalue weighted by Gasteiger charge is 2.22. The Bertz CT molecular complexity index is 554. The van der Waals surface area contributed by atoms with Gasteiger partial charge in [0, 0.05) is 19.1 Å². The van der Waals surface area contributed by atoms with Crippen LogP contribution in [0.4, 0.5) is 0 Å². The van der Waals surface area contributed by atoms with E-state index in [1.165, 1.54) is 19.4 Å². The Morgan fingerprint density at radius 3 is 2.52 bits per heavy atom. The van der Waals surface area contributed by atoms with Gasteiger partial charge in [0.05, 0.1) is 6.54 Å². The molecule has 0 aromatic heterocycles. The van der Waals surface area contributed by atoms with Gasteiger partial charge in [-0.3, -0.25) is 4.90 Å². The molecule has 5 nitrogen and oxygen atoms in total. The molecule has 1 unspecified atom stereocenters. The number of likely N-dealkylation sites (N-methyl/N-ethyl adjacent to an activating group) is 1. The summed E-state index contributed by atoms with van der Waals surface area (Å²) in [5.74, 6) is 1.25. The molecule has 2 rings (SSSR count). The fourth-order valence-electron chi connectivity index (χ4n) is 3.41. The van der Waals surface area contributed by atoms with Gasteiger partial charge >= 0.3 is 0 Å². The lowest BCUT2D eigenvalue weighted by Gasteiger charge is -2.24. The van der Waals surface area contributed by atoms with E-state index in [9.17, 15) is 5.11 Å². The first-order valence-corrected chi connectivity index (χ1v) is 9.10. The highest BCUT2D eigenvalue weighted by atomic mass is 127. The number of nitrogens with zero attached hydrogens (tertiary/aromatic N) is 2. The summed E-state index contributed by atoms with van der Waals surface area (Å²) in [4.78, 5) is 7.23. The van der Waals surface area contributed by atoms with Gasteiger partial charge in [0.1, 0.15) is 5.75 Å². The molecule has 0 radical (unpaired) electrons. The van der Waals surface area contributed by atoms with Gasteiger partial charge in [0.15, 0.2) is 5.96 Å². The molecule has 0 bridgehead atoms. The smallest absolute Gasteiger partial charge is 0.191 e. The molecule has 1 aliphatic heterocycles. The zero-order chi connectivity index (χ0) is 17.5. The summed E-state index contributed by atoms with van der Waals surface area (Å²) in [6, 6.07) is 4.62. The third kappa shape index (κ3) is 6.33. The average Bonchev–Trinajstić information content (AvgIpc) is 3.02. The van der Waals surface area contributed by atoms with Gasteiger partial charge in [0.2, 0.25) is 0 Å². The SMILES string of the molecule is CCNC(=NCc1cc(C)c(O)c(C)c1)NCC1CCCN1CC.I. The van der Waals surface area contributed by atoms with Crippen molar-refractivity contribution < 1.29 is 5.11 Å². The number of benzene rings is 1. The predicted octanol–water partition coefficient (Wildman–Crippen LogP) is 3.17. The molecular formula is C19H33IN4O. The van der Waals surface area contributed by atoms with Crippen LogP contribution in [0.2, 0.25) is 0 Å². The Labute approximate surface area is 169 Å². The lowest BCUT2D eigenvalue weighted by molar-refractivity contribution is 0.267. The van der Waals surface area contributed by atoms with Gasteiger partial charge < -0.3 is 15.7 Å². The standard InChI is InChI=1S/C19H32N4O.HI/c1-5-20-19(22-13-17-8-7-9-23(17)6-2)21-12-16-10-14(3)18(24)15(4)11-16;/h10-11,17,24H,5-9,12-13H2,1-4H3,(H2,20,21,22);1H. The fraction of sp³-hybridized carbons (Fsp3) is 0.632. The van der Waals surface area contributed by atoms with E-state index in [0.717, 1.165) is 42.3 Å². The number of likely N-dealkylation sites (tertiary alicyclic amines) is 1. The molecule has 1 aromatic carbocycles. The second-order valence-electron chi connectivity index (χ2n) is 6.58. The molecular weight excluding hydrogens is 427 g/mol. The van der Waals surface area contributed by atoms with Crippen molar-refractivity contribution in [1.29, 1.82) is 0 Å². The second-order valence-corrected chi connectivity index (χ2v) is 6.58. The van der Waals surface area contributed by atoms with Crippen molar-refractivity contribution >= 4 is 29.9 Å². The predicted molar refractivity (Wildman–Crippen MR) is 116 cm³/mol. The summed E-state index contributed by atoms with van der Waals surface area (Å²) >= 11 is 0. The maximum absolute atomic E-state index is 9.88. The molecule has 25 heavy (non-hydrogen) atoms. The number of hydrogen-bond donors (Lipinski definition) is 3. The van der Waals surface area contributed by atoms with Crippen molar-refractivity contribution in [3.8, 4) is 5.75 Å². The van der Waals surface area contributed by atoms with Crippen LogP contribution in [-0.4, -0.2) is 48.2 Å². The summed E-state index contributed by atoms with van der Waals surface area (Å²) in [7, 11) is 0. The second kappa shape index (κ2) is 10.9. The lowest BCUT2D eigenvalue weighted by Crippen LogP contribution is -2.44. The first kappa shape index (κ1) is 22.0. The molecule has 0 saturated carbocycles. The molecule has 1 fully saturated rings. The molecule has 1 aromatic rings. The maximum atomic E-state index is 9.88. The maximum Gasteiger partial charge on any atom is 0.191 e. The molecule has 1 aliphatic rings. The van der Waals surface area contributed by atoms with Gasteiger partial charge in [-0.1, -0.05) is 19.1 Å². The molecule has 0 aliphatic carbocycles. The van der Waals surface area contributed by atoms with Crippen LogP contribution in [0.25, 0.3) is 0 Å². The number of hydrogen-bond acceptors (Lipinski definition) is 3. The van der Waals surface area contributed by atoms with Crippen molar-refractivity contribution in [2.45, 2.75) is 53.1 Å². The van der Waals surface area contributed by atoms with Crippen LogP contribution >= 0.6 is 24.0 Å². The number of guanidine groups is 1. The van der Waals surface area contributed by atoms with Gasteiger partial charge in [-0.15, -0.1) is 24.0 Å². The first-order chi connectivity index (χ1) is 11.5. The van der Waals surface area contributed by atoms with Crippen LogP contribution in [0.15, 0.2) is 17.1 Å². The lowest BCUT2D eigenvalue weighted by atomic mass is 10.1. The van der Waals surface area contributed by atoms with E-state index in [2.05, 4.69) is 29.4 Å². The summed E-state index contributed by atoms with van der Waals surface area (Å²) < 4.78 is 0. The quantitative estimate of drug-likeness (QED) is 0.347.